The monoisotopic (exact) mass is 153 g/mol. The van der Waals surface area contributed by atoms with Crippen LogP contribution in [0.4, 0.5) is 0 Å². The molecule has 1 nitrogen and oxygen atoms in total. The predicted molar refractivity (Wildman–Crippen MR) is 47.1 cm³/mol. The van der Waals surface area contributed by atoms with Crippen LogP contribution in [0.1, 0.15) is 26.7 Å². The highest BCUT2D eigenvalue weighted by Crippen LogP contribution is 2.56. The summed E-state index contributed by atoms with van der Waals surface area (Å²) in [4.78, 5) is 0. The molecule has 2 fully saturated rings. The van der Waals surface area contributed by atoms with Gasteiger partial charge in [0.15, 0.2) is 0 Å². The smallest absolute Gasteiger partial charge is 0.00459 e. The van der Waals surface area contributed by atoms with Crippen LogP contribution in [0, 0.1) is 29.6 Å². The Balaban J connectivity index is 2.06. The third-order valence-electron chi connectivity index (χ3n) is 4.05. The summed E-state index contributed by atoms with van der Waals surface area (Å²) in [5, 5.41) is 0. The Morgan fingerprint density at radius 2 is 1.91 bits per heavy atom. The largest absolute Gasteiger partial charge is 0.330 e. The maximum absolute atomic E-state index is 5.74. The number of rotatable bonds is 1. The molecule has 5 atom stereocenters. The minimum atomic E-state index is 0.860. The molecule has 2 rings (SSSR count). The van der Waals surface area contributed by atoms with E-state index in [1.54, 1.807) is 0 Å². The summed E-state index contributed by atoms with van der Waals surface area (Å²) in [5.74, 6) is 4.83. The Morgan fingerprint density at radius 3 is 2.36 bits per heavy atom. The molecule has 0 aromatic rings. The molecule has 0 saturated heterocycles. The molecule has 2 aliphatic rings. The van der Waals surface area contributed by atoms with E-state index in [0.29, 0.717) is 0 Å². The van der Waals surface area contributed by atoms with Gasteiger partial charge in [0.2, 0.25) is 0 Å². The number of nitrogens with two attached hydrogens (primary N) is 1. The number of fused-ring (bicyclic) bond motifs is 1. The zero-order chi connectivity index (χ0) is 8.01. The maximum atomic E-state index is 5.74. The van der Waals surface area contributed by atoms with Gasteiger partial charge in [-0.05, 0) is 49.0 Å². The van der Waals surface area contributed by atoms with Gasteiger partial charge in [0.05, 0.1) is 0 Å². The average Bonchev–Trinajstić information content (AvgIpc) is 2.22. The fourth-order valence-electron chi connectivity index (χ4n) is 3.46. The quantitative estimate of drug-likeness (QED) is 0.611. The molecule has 0 amide bonds. The van der Waals surface area contributed by atoms with E-state index in [4.69, 9.17) is 5.73 Å². The Hall–Kier alpha value is -0.0400. The van der Waals surface area contributed by atoms with Crippen LogP contribution < -0.4 is 5.73 Å². The Labute approximate surface area is 69.4 Å². The fourth-order valence-corrected chi connectivity index (χ4v) is 3.46. The summed E-state index contributed by atoms with van der Waals surface area (Å²) in [6, 6.07) is 0. The molecule has 2 saturated carbocycles. The Bertz CT molecular complexity index is 155. The van der Waals surface area contributed by atoms with Gasteiger partial charge in [0.1, 0.15) is 0 Å². The van der Waals surface area contributed by atoms with Crippen LogP contribution in [0.3, 0.4) is 0 Å². The molecule has 2 N–H and O–H groups in total. The van der Waals surface area contributed by atoms with Crippen LogP contribution in [-0.4, -0.2) is 6.54 Å². The van der Waals surface area contributed by atoms with Gasteiger partial charge in [0.25, 0.3) is 0 Å². The standard InChI is InChI=1S/C10H19N/c1-6-3-8(5-11)10-7(2)4-9(6)10/h6-10H,3-5,11H2,1-2H3. The van der Waals surface area contributed by atoms with Gasteiger partial charge in [-0.1, -0.05) is 13.8 Å². The molecule has 0 radical (unpaired) electrons. The van der Waals surface area contributed by atoms with Crippen LogP contribution in [-0.2, 0) is 0 Å². The second-order valence-electron chi connectivity index (χ2n) is 4.66. The van der Waals surface area contributed by atoms with Crippen molar-refractivity contribution in [2.45, 2.75) is 26.7 Å². The molecule has 11 heavy (non-hydrogen) atoms. The summed E-state index contributed by atoms with van der Waals surface area (Å²) >= 11 is 0. The summed E-state index contributed by atoms with van der Waals surface area (Å²) in [6.07, 6.45) is 2.87. The Morgan fingerprint density at radius 1 is 1.18 bits per heavy atom. The van der Waals surface area contributed by atoms with Crippen LogP contribution in [0.15, 0.2) is 0 Å². The van der Waals surface area contributed by atoms with Crippen LogP contribution in [0.5, 0.6) is 0 Å². The lowest BCUT2D eigenvalue weighted by molar-refractivity contribution is 0.0674. The highest BCUT2D eigenvalue weighted by atomic mass is 14.6. The van der Waals surface area contributed by atoms with Gasteiger partial charge < -0.3 is 5.73 Å². The van der Waals surface area contributed by atoms with Gasteiger partial charge in [-0.2, -0.15) is 0 Å². The second kappa shape index (κ2) is 2.48. The van der Waals surface area contributed by atoms with Gasteiger partial charge in [0, 0.05) is 0 Å². The highest BCUT2D eigenvalue weighted by Gasteiger charge is 2.50. The van der Waals surface area contributed by atoms with Crippen molar-refractivity contribution in [3.05, 3.63) is 0 Å². The van der Waals surface area contributed by atoms with Crippen LogP contribution in [0.25, 0.3) is 0 Å². The first-order valence-electron chi connectivity index (χ1n) is 4.94. The van der Waals surface area contributed by atoms with Crippen molar-refractivity contribution in [2.24, 2.45) is 35.3 Å². The molecule has 1 heteroatoms. The topological polar surface area (TPSA) is 26.0 Å². The van der Waals surface area contributed by atoms with Crippen molar-refractivity contribution in [2.75, 3.05) is 6.54 Å². The van der Waals surface area contributed by atoms with E-state index in [2.05, 4.69) is 13.8 Å². The first kappa shape index (κ1) is 7.60. The highest BCUT2D eigenvalue weighted by molar-refractivity contribution is 4.99. The first-order valence-corrected chi connectivity index (χ1v) is 4.94. The van der Waals surface area contributed by atoms with Crippen molar-refractivity contribution in [1.29, 1.82) is 0 Å². The molecule has 0 aromatic carbocycles. The molecule has 0 heterocycles. The Kier molecular flexibility index (Phi) is 1.71. The van der Waals surface area contributed by atoms with Gasteiger partial charge in [-0.25, -0.2) is 0 Å². The number of hydrogen-bond donors (Lipinski definition) is 1. The van der Waals surface area contributed by atoms with Crippen molar-refractivity contribution in [3.63, 3.8) is 0 Å². The normalized spacial score (nSPS) is 55.4. The molecule has 0 spiro atoms. The van der Waals surface area contributed by atoms with E-state index < -0.39 is 0 Å². The molecule has 2 aliphatic carbocycles. The zero-order valence-electron chi connectivity index (χ0n) is 7.59. The lowest BCUT2D eigenvalue weighted by atomic mass is 9.63. The van der Waals surface area contributed by atoms with E-state index in [-0.39, 0.29) is 0 Å². The van der Waals surface area contributed by atoms with E-state index in [0.717, 1.165) is 36.1 Å². The molecule has 0 bridgehead atoms. The summed E-state index contributed by atoms with van der Waals surface area (Å²) in [7, 11) is 0. The fraction of sp³-hybridized carbons (Fsp3) is 1.00. The molecule has 64 valence electrons. The zero-order valence-corrected chi connectivity index (χ0v) is 7.59. The summed E-state index contributed by atoms with van der Waals surface area (Å²) in [5.41, 5.74) is 5.74. The van der Waals surface area contributed by atoms with E-state index in [1.807, 2.05) is 0 Å². The van der Waals surface area contributed by atoms with Gasteiger partial charge >= 0.3 is 0 Å². The minimum Gasteiger partial charge on any atom is -0.330 e. The van der Waals surface area contributed by atoms with E-state index in [1.165, 1.54) is 12.8 Å². The second-order valence-corrected chi connectivity index (χ2v) is 4.66. The van der Waals surface area contributed by atoms with Gasteiger partial charge in [-0.15, -0.1) is 0 Å². The predicted octanol–water partition coefficient (Wildman–Crippen LogP) is 1.87. The molecule has 0 aromatic heterocycles. The molecule has 5 unspecified atom stereocenters. The van der Waals surface area contributed by atoms with Crippen molar-refractivity contribution in [1.82, 2.24) is 0 Å². The van der Waals surface area contributed by atoms with Crippen molar-refractivity contribution in [3.8, 4) is 0 Å². The van der Waals surface area contributed by atoms with Crippen LogP contribution in [0.2, 0.25) is 0 Å². The lowest BCUT2D eigenvalue weighted by Gasteiger charge is -2.42. The molecule has 0 aliphatic heterocycles. The number of hydrogen-bond acceptors (Lipinski definition) is 1. The SMILES string of the molecule is CC1CC(CN)C2C(C)CC12. The third kappa shape index (κ3) is 0.936. The summed E-state index contributed by atoms with van der Waals surface area (Å²) in [6.45, 7) is 5.72. The average molecular weight is 153 g/mol. The molecular weight excluding hydrogens is 134 g/mol. The van der Waals surface area contributed by atoms with E-state index in [9.17, 15) is 0 Å². The summed E-state index contributed by atoms with van der Waals surface area (Å²) < 4.78 is 0. The third-order valence-corrected chi connectivity index (χ3v) is 4.05. The first-order chi connectivity index (χ1) is 5.24. The van der Waals surface area contributed by atoms with Crippen molar-refractivity contribution >= 4 is 0 Å². The van der Waals surface area contributed by atoms with Gasteiger partial charge in [-0.3, -0.25) is 0 Å². The van der Waals surface area contributed by atoms with Crippen molar-refractivity contribution < 1.29 is 0 Å². The minimum absolute atomic E-state index is 0.860. The van der Waals surface area contributed by atoms with E-state index >= 15 is 0 Å². The van der Waals surface area contributed by atoms with Crippen LogP contribution >= 0.6 is 0 Å². The molecular formula is C10H19N. The lowest BCUT2D eigenvalue weighted by Crippen LogP contribution is -2.38. The maximum Gasteiger partial charge on any atom is -0.00459 e.